The number of anilines is 1. The number of hydrogen-bond donors (Lipinski definition) is 1. The number of nitriles is 1. The number of rotatable bonds is 5. The second-order valence-corrected chi connectivity index (χ2v) is 3.16. The van der Waals surface area contributed by atoms with Gasteiger partial charge in [0.15, 0.2) is 0 Å². The summed E-state index contributed by atoms with van der Waals surface area (Å²) in [5.41, 5.74) is 1.02. The van der Waals surface area contributed by atoms with Gasteiger partial charge in [0.1, 0.15) is 11.9 Å². The van der Waals surface area contributed by atoms with Crippen molar-refractivity contribution in [3.8, 4) is 6.07 Å². The topological polar surface area (TPSA) is 35.8 Å². The standard InChI is InChI=1S/C12H13FN2/c1-2-3-4-7-15-12-6-5-11(13)8-10(12)9-14/h2,5-6,8,15H,1,3-4,7H2. The molecule has 3 heteroatoms. The Morgan fingerprint density at radius 1 is 1.53 bits per heavy atom. The minimum absolute atomic E-state index is 0.341. The molecule has 1 aromatic carbocycles. The molecule has 0 atom stereocenters. The van der Waals surface area contributed by atoms with E-state index in [1.54, 1.807) is 6.07 Å². The number of benzene rings is 1. The van der Waals surface area contributed by atoms with Crippen molar-refractivity contribution in [3.63, 3.8) is 0 Å². The molecule has 0 aliphatic heterocycles. The van der Waals surface area contributed by atoms with Gasteiger partial charge in [-0.15, -0.1) is 6.58 Å². The smallest absolute Gasteiger partial charge is 0.124 e. The lowest BCUT2D eigenvalue weighted by Crippen LogP contribution is -2.02. The lowest BCUT2D eigenvalue weighted by atomic mass is 10.2. The number of hydrogen-bond acceptors (Lipinski definition) is 2. The van der Waals surface area contributed by atoms with Crippen molar-refractivity contribution >= 4 is 5.69 Å². The molecule has 0 heterocycles. The molecule has 78 valence electrons. The molecule has 0 spiro atoms. The van der Waals surface area contributed by atoms with Gasteiger partial charge in [0.25, 0.3) is 0 Å². The van der Waals surface area contributed by atoms with E-state index >= 15 is 0 Å². The maximum Gasteiger partial charge on any atom is 0.124 e. The van der Waals surface area contributed by atoms with Gasteiger partial charge in [-0.2, -0.15) is 5.26 Å². The Labute approximate surface area is 89.0 Å². The summed E-state index contributed by atoms with van der Waals surface area (Å²) >= 11 is 0. The second-order valence-electron chi connectivity index (χ2n) is 3.16. The van der Waals surface area contributed by atoms with E-state index in [1.165, 1.54) is 12.1 Å². The van der Waals surface area contributed by atoms with E-state index in [1.807, 2.05) is 12.1 Å². The summed E-state index contributed by atoms with van der Waals surface area (Å²) in [6.45, 7) is 4.38. The van der Waals surface area contributed by atoms with Gasteiger partial charge in [0.2, 0.25) is 0 Å². The summed E-state index contributed by atoms with van der Waals surface area (Å²) in [6.07, 6.45) is 3.72. The highest BCUT2D eigenvalue weighted by atomic mass is 19.1. The first-order valence-corrected chi connectivity index (χ1v) is 4.82. The van der Waals surface area contributed by atoms with Gasteiger partial charge in [0.05, 0.1) is 11.3 Å². The van der Waals surface area contributed by atoms with Crippen LogP contribution in [0.2, 0.25) is 0 Å². The minimum atomic E-state index is -0.386. The van der Waals surface area contributed by atoms with Crippen LogP contribution in [0.4, 0.5) is 10.1 Å². The van der Waals surface area contributed by atoms with E-state index in [9.17, 15) is 4.39 Å². The summed E-state index contributed by atoms with van der Waals surface area (Å²) < 4.78 is 12.8. The number of halogens is 1. The van der Waals surface area contributed by atoms with E-state index in [2.05, 4.69) is 11.9 Å². The van der Waals surface area contributed by atoms with Crippen LogP contribution in [-0.2, 0) is 0 Å². The van der Waals surface area contributed by atoms with Crippen LogP contribution in [0.5, 0.6) is 0 Å². The second kappa shape index (κ2) is 5.82. The van der Waals surface area contributed by atoms with E-state index in [4.69, 9.17) is 5.26 Å². The Balaban J connectivity index is 2.61. The summed E-state index contributed by atoms with van der Waals surface area (Å²) in [6, 6.07) is 6.12. The quantitative estimate of drug-likeness (QED) is 0.591. The molecule has 2 nitrogen and oxygen atoms in total. The van der Waals surface area contributed by atoms with Crippen molar-refractivity contribution in [2.75, 3.05) is 11.9 Å². The molecule has 1 N–H and O–H groups in total. The monoisotopic (exact) mass is 204 g/mol. The predicted octanol–water partition coefficient (Wildman–Crippen LogP) is 3.08. The van der Waals surface area contributed by atoms with Crippen molar-refractivity contribution in [1.82, 2.24) is 0 Å². The maximum atomic E-state index is 12.8. The van der Waals surface area contributed by atoms with Gasteiger partial charge in [0, 0.05) is 6.54 Å². The van der Waals surface area contributed by atoms with Crippen LogP contribution >= 0.6 is 0 Å². The van der Waals surface area contributed by atoms with Gasteiger partial charge in [-0.3, -0.25) is 0 Å². The van der Waals surface area contributed by atoms with Crippen LogP contribution in [0, 0.1) is 17.1 Å². The average molecular weight is 204 g/mol. The van der Waals surface area contributed by atoms with Gasteiger partial charge >= 0.3 is 0 Å². The molecule has 1 aromatic rings. The van der Waals surface area contributed by atoms with Crippen LogP contribution < -0.4 is 5.32 Å². The zero-order valence-corrected chi connectivity index (χ0v) is 8.46. The lowest BCUT2D eigenvalue weighted by molar-refractivity contribution is 0.627. The third kappa shape index (κ3) is 3.43. The fourth-order valence-electron chi connectivity index (χ4n) is 1.23. The van der Waals surface area contributed by atoms with Gasteiger partial charge in [-0.05, 0) is 31.0 Å². The van der Waals surface area contributed by atoms with Crippen LogP contribution in [0.3, 0.4) is 0 Å². The Bertz CT molecular complexity index is 380. The highest BCUT2D eigenvalue weighted by Gasteiger charge is 2.02. The van der Waals surface area contributed by atoms with E-state index in [-0.39, 0.29) is 5.82 Å². The summed E-state index contributed by atoms with van der Waals surface area (Å²) in [5, 5.41) is 11.9. The molecule has 0 unspecified atom stereocenters. The third-order valence-electron chi connectivity index (χ3n) is 2.00. The van der Waals surface area contributed by atoms with Crippen LogP contribution in [-0.4, -0.2) is 6.54 Å². The first-order chi connectivity index (χ1) is 7.27. The molecule has 0 amide bonds. The van der Waals surface area contributed by atoms with Crippen LogP contribution in [0.15, 0.2) is 30.9 Å². The zero-order valence-electron chi connectivity index (χ0n) is 8.46. The molecule has 0 saturated carbocycles. The SMILES string of the molecule is C=CCCCNc1ccc(F)cc1C#N. The largest absolute Gasteiger partial charge is 0.384 e. The molecule has 15 heavy (non-hydrogen) atoms. The maximum absolute atomic E-state index is 12.8. The van der Waals surface area contributed by atoms with E-state index in [0.717, 1.165) is 19.4 Å². The predicted molar refractivity (Wildman–Crippen MR) is 59.0 cm³/mol. The molecule has 0 radical (unpaired) electrons. The lowest BCUT2D eigenvalue weighted by Gasteiger charge is -2.06. The summed E-state index contributed by atoms with van der Waals surface area (Å²) in [7, 11) is 0. The Hall–Kier alpha value is -1.82. The fraction of sp³-hybridized carbons (Fsp3) is 0.250. The highest BCUT2D eigenvalue weighted by molar-refractivity contribution is 5.57. The molecule has 0 aromatic heterocycles. The van der Waals surface area contributed by atoms with Crippen molar-refractivity contribution in [2.24, 2.45) is 0 Å². The van der Waals surface area contributed by atoms with Crippen LogP contribution in [0.25, 0.3) is 0 Å². The van der Waals surface area contributed by atoms with E-state index in [0.29, 0.717) is 11.3 Å². The van der Waals surface area contributed by atoms with E-state index < -0.39 is 0 Å². The molecule has 0 bridgehead atoms. The molecular weight excluding hydrogens is 191 g/mol. The Kier molecular flexibility index (Phi) is 4.36. The number of unbranched alkanes of at least 4 members (excludes halogenated alkanes) is 1. The van der Waals surface area contributed by atoms with Crippen molar-refractivity contribution in [3.05, 3.63) is 42.2 Å². The van der Waals surface area contributed by atoms with Crippen LogP contribution in [0.1, 0.15) is 18.4 Å². The average Bonchev–Trinajstić information content (AvgIpc) is 2.26. The molecule has 0 fully saturated rings. The Morgan fingerprint density at radius 2 is 2.33 bits per heavy atom. The zero-order chi connectivity index (χ0) is 11.1. The Morgan fingerprint density at radius 3 is 3.00 bits per heavy atom. The normalized spacial score (nSPS) is 9.33. The van der Waals surface area contributed by atoms with Gasteiger partial charge in [-0.25, -0.2) is 4.39 Å². The minimum Gasteiger partial charge on any atom is -0.384 e. The third-order valence-corrected chi connectivity index (χ3v) is 2.00. The molecule has 0 saturated heterocycles. The van der Waals surface area contributed by atoms with Crippen molar-refractivity contribution < 1.29 is 4.39 Å². The van der Waals surface area contributed by atoms with Gasteiger partial charge in [-0.1, -0.05) is 6.08 Å². The number of allylic oxidation sites excluding steroid dienone is 1. The number of nitrogens with one attached hydrogen (secondary N) is 1. The first kappa shape index (κ1) is 11.3. The number of nitrogens with zero attached hydrogens (tertiary/aromatic N) is 1. The molecule has 1 rings (SSSR count). The highest BCUT2D eigenvalue weighted by Crippen LogP contribution is 2.15. The first-order valence-electron chi connectivity index (χ1n) is 4.82. The van der Waals surface area contributed by atoms with Crippen molar-refractivity contribution in [2.45, 2.75) is 12.8 Å². The van der Waals surface area contributed by atoms with Crippen molar-refractivity contribution in [1.29, 1.82) is 5.26 Å². The molecule has 0 aliphatic rings. The van der Waals surface area contributed by atoms with Gasteiger partial charge < -0.3 is 5.32 Å². The summed E-state index contributed by atoms with van der Waals surface area (Å²) in [5.74, 6) is -0.386. The fourth-order valence-corrected chi connectivity index (χ4v) is 1.23. The summed E-state index contributed by atoms with van der Waals surface area (Å²) in [4.78, 5) is 0. The molecular formula is C12H13FN2. The molecule has 0 aliphatic carbocycles.